The molecule has 0 aliphatic heterocycles. The van der Waals surface area contributed by atoms with Gasteiger partial charge in [-0.25, -0.2) is 0 Å². The van der Waals surface area contributed by atoms with Gasteiger partial charge in [-0.3, -0.25) is 4.79 Å². The molecule has 0 fully saturated rings. The second-order valence-electron chi connectivity index (χ2n) is 5.91. The smallest absolute Gasteiger partial charge is 0.325 e. The molecule has 2 aromatic carbocycles. The Balaban J connectivity index is 1.94. The molecule has 0 amide bonds. The van der Waals surface area contributed by atoms with Gasteiger partial charge in [0.2, 0.25) is 0 Å². The normalized spacial score (nSPS) is 12.3. The predicted octanol–water partition coefficient (Wildman–Crippen LogP) is 5.49. The largest absolute Gasteiger partial charge is 0.465 e. The van der Waals surface area contributed by atoms with Crippen LogP contribution >= 0.6 is 23.2 Å². The highest BCUT2D eigenvalue weighted by Gasteiger charge is 2.15. The van der Waals surface area contributed by atoms with Crippen molar-refractivity contribution in [2.24, 2.45) is 0 Å². The van der Waals surface area contributed by atoms with Crippen molar-refractivity contribution in [2.45, 2.75) is 25.8 Å². The average Bonchev–Trinajstić information content (AvgIpc) is 2.89. The Morgan fingerprint density at radius 1 is 1.16 bits per heavy atom. The molecule has 0 saturated carbocycles. The van der Waals surface area contributed by atoms with E-state index in [-0.39, 0.29) is 17.9 Å². The van der Waals surface area contributed by atoms with Gasteiger partial charge < -0.3 is 9.30 Å². The van der Waals surface area contributed by atoms with Gasteiger partial charge in [0, 0.05) is 21.6 Å². The van der Waals surface area contributed by atoms with Gasteiger partial charge in [0.05, 0.1) is 12.0 Å². The summed E-state index contributed by atoms with van der Waals surface area (Å²) in [4.78, 5) is 11.8. The number of carbonyl (C=O) groups is 1. The summed E-state index contributed by atoms with van der Waals surface area (Å²) in [5, 5.41) is 1.43. The number of hydrogen-bond acceptors (Lipinski definition) is 2. The monoisotopic (exact) mass is 375 g/mol. The van der Waals surface area contributed by atoms with E-state index in [2.05, 4.69) is 12.1 Å². The molecule has 1 atom stereocenters. The molecule has 3 aromatic rings. The fourth-order valence-electron chi connectivity index (χ4n) is 2.99. The zero-order chi connectivity index (χ0) is 18.0. The highest BCUT2D eigenvalue weighted by molar-refractivity contribution is 6.30. The van der Waals surface area contributed by atoms with Crippen molar-refractivity contribution < 1.29 is 9.53 Å². The molecule has 130 valence electrons. The fraction of sp³-hybridized carbons (Fsp3) is 0.250. The van der Waals surface area contributed by atoms with Gasteiger partial charge in [0.1, 0.15) is 6.54 Å². The quantitative estimate of drug-likeness (QED) is 0.435. The number of nitrogens with zero attached hydrogens (tertiary/aromatic N) is 1. The zero-order valence-electron chi connectivity index (χ0n) is 14.1. The molecule has 0 bridgehead atoms. The van der Waals surface area contributed by atoms with Crippen LogP contribution in [0.15, 0.2) is 48.5 Å². The van der Waals surface area contributed by atoms with Crippen LogP contribution in [0, 0.1) is 6.92 Å². The number of hydrogen-bond donors (Lipinski definition) is 0. The molecule has 1 unspecified atom stereocenters. The maximum Gasteiger partial charge on any atom is 0.325 e. The summed E-state index contributed by atoms with van der Waals surface area (Å²) in [6.45, 7) is 4.38. The topological polar surface area (TPSA) is 31.2 Å². The molecule has 0 aliphatic rings. The van der Waals surface area contributed by atoms with E-state index in [1.165, 1.54) is 0 Å². The van der Waals surface area contributed by atoms with Crippen LogP contribution in [-0.4, -0.2) is 17.1 Å². The summed E-state index contributed by atoms with van der Waals surface area (Å²) in [6, 6.07) is 15.7. The Morgan fingerprint density at radius 3 is 2.64 bits per heavy atom. The van der Waals surface area contributed by atoms with Crippen LogP contribution < -0.4 is 0 Å². The second kappa shape index (κ2) is 7.51. The number of aryl methyl sites for hydroxylation is 1. The van der Waals surface area contributed by atoms with E-state index >= 15 is 0 Å². The summed E-state index contributed by atoms with van der Waals surface area (Å²) in [7, 11) is 0. The number of carbonyl (C=O) groups excluding carboxylic acids is 1. The molecule has 25 heavy (non-hydrogen) atoms. The standard InChI is InChI=1S/C20H19Cl2NO2/c1-3-25-19(24)12-23-13(2)9-16-10-15(7-8-18(16)23)20(22)14-5-4-6-17(21)11-14/h4-11,20H,3,12H2,1-2H3. The maximum absolute atomic E-state index is 11.8. The molecule has 5 heteroatoms. The minimum Gasteiger partial charge on any atom is -0.465 e. The minimum atomic E-state index is -0.281. The lowest BCUT2D eigenvalue weighted by Gasteiger charge is -2.12. The third-order valence-corrected chi connectivity index (χ3v) is 4.90. The number of alkyl halides is 1. The van der Waals surface area contributed by atoms with E-state index < -0.39 is 0 Å². The second-order valence-corrected chi connectivity index (χ2v) is 6.79. The molecular weight excluding hydrogens is 357 g/mol. The van der Waals surface area contributed by atoms with Gasteiger partial charge in [0.15, 0.2) is 0 Å². The van der Waals surface area contributed by atoms with Gasteiger partial charge in [-0.15, -0.1) is 11.6 Å². The number of rotatable bonds is 5. The molecule has 1 aromatic heterocycles. The molecule has 0 saturated heterocycles. The summed E-state index contributed by atoms with van der Waals surface area (Å²) in [6.07, 6.45) is 0. The summed E-state index contributed by atoms with van der Waals surface area (Å²) < 4.78 is 7.01. The van der Waals surface area contributed by atoms with Gasteiger partial charge in [0.25, 0.3) is 0 Å². The van der Waals surface area contributed by atoms with E-state index in [1.54, 1.807) is 6.92 Å². The van der Waals surface area contributed by atoms with E-state index in [0.717, 1.165) is 27.7 Å². The number of ether oxygens (including phenoxy) is 1. The number of esters is 1. The minimum absolute atomic E-state index is 0.209. The van der Waals surface area contributed by atoms with E-state index in [0.29, 0.717) is 11.6 Å². The summed E-state index contributed by atoms with van der Waals surface area (Å²) in [5.41, 5.74) is 3.94. The molecule has 0 radical (unpaired) electrons. The van der Waals surface area contributed by atoms with Crippen molar-refractivity contribution in [2.75, 3.05) is 6.61 Å². The van der Waals surface area contributed by atoms with Crippen LogP contribution in [0.2, 0.25) is 5.02 Å². The average molecular weight is 376 g/mol. The first-order chi connectivity index (χ1) is 12.0. The first-order valence-corrected chi connectivity index (χ1v) is 8.96. The highest BCUT2D eigenvalue weighted by Crippen LogP contribution is 2.32. The van der Waals surface area contributed by atoms with E-state index in [4.69, 9.17) is 27.9 Å². The number of aromatic nitrogens is 1. The van der Waals surface area contributed by atoms with Crippen LogP contribution in [-0.2, 0) is 16.1 Å². The Kier molecular flexibility index (Phi) is 5.36. The molecule has 0 N–H and O–H groups in total. The van der Waals surface area contributed by atoms with Crippen molar-refractivity contribution in [3.05, 3.63) is 70.4 Å². The number of fused-ring (bicyclic) bond motifs is 1. The Labute approximate surface area is 157 Å². The van der Waals surface area contributed by atoms with E-state index in [9.17, 15) is 4.79 Å². The SMILES string of the molecule is CCOC(=O)Cn1c(C)cc2cc(C(Cl)c3cccc(Cl)c3)ccc21. The van der Waals surface area contributed by atoms with Gasteiger partial charge in [-0.05, 0) is 55.3 Å². The first-order valence-electron chi connectivity index (χ1n) is 8.14. The van der Waals surface area contributed by atoms with Crippen molar-refractivity contribution >= 4 is 40.1 Å². The lowest BCUT2D eigenvalue weighted by molar-refractivity contribution is -0.143. The van der Waals surface area contributed by atoms with E-state index in [1.807, 2.05) is 47.9 Å². The molecular formula is C20H19Cl2NO2. The van der Waals surface area contributed by atoms with Gasteiger partial charge >= 0.3 is 5.97 Å². The zero-order valence-corrected chi connectivity index (χ0v) is 15.6. The molecule has 1 heterocycles. The van der Waals surface area contributed by atoms with Crippen molar-refractivity contribution in [3.8, 4) is 0 Å². The third kappa shape index (κ3) is 3.83. The molecule has 3 nitrogen and oxygen atoms in total. The van der Waals surface area contributed by atoms with Crippen molar-refractivity contribution in [3.63, 3.8) is 0 Å². The lowest BCUT2D eigenvalue weighted by Crippen LogP contribution is -2.14. The fourth-order valence-corrected chi connectivity index (χ4v) is 3.46. The Morgan fingerprint density at radius 2 is 1.92 bits per heavy atom. The van der Waals surface area contributed by atoms with Crippen molar-refractivity contribution in [1.29, 1.82) is 0 Å². The molecule has 0 aliphatic carbocycles. The lowest BCUT2D eigenvalue weighted by atomic mass is 10.0. The number of benzene rings is 2. The van der Waals surface area contributed by atoms with Crippen LogP contribution in [0.5, 0.6) is 0 Å². The first kappa shape index (κ1) is 17.8. The molecule has 0 spiro atoms. The van der Waals surface area contributed by atoms with Gasteiger partial charge in [-0.2, -0.15) is 0 Å². The van der Waals surface area contributed by atoms with Gasteiger partial charge in [-0.1, -0.05) is 29.8 Å². The van der Waals surface area contributed by atoms with Crippen LogP contribution in [0.25, 0.3) is 10.9 Å². The number of halogens is 2. The van der Waals surface area contributed by atoms with Crippen LogP contribution in [0.1, 0.15) is 29.1 Å². The highest BCUT2D eigenvalue weighted by atomic mass is 35.5. The predicted molar refractivity (Wildman–Crippen MR) is 102 cm³/mol. The third-order valence-electron chi connectivity index (χ3n) is 4.16. The maximum atomic E-state index is 11.8. The van der Waals surface area contributed by atoms with Crippen molar-refractivity contribution in [1.82, 2.24) is 4.57 Å². The van der Waals surface area contributed by atoms with Crippen LogP contribution in [0.3, 0.4) is 0 Å². The molecule has 3 rings (SSSR count). The summed E-state index contributed by atoms with van der Waals surface area (Å²) in [5.74, 6) is -0.235. The Bertz CT molecular complexity index is 917. The Hall–Kier alpha value is -1.97. The van der Waals surface area contributed by atoms with Crippen LogP contribution in [0.4, 0.5) is 0 Å². The summed E-state index contributed by atoms with van der Waals surface area (Å²) >= 11 is 12.7.